The minimum atomic E-state index is -0.303. The molecule has 2 aromatic rings. The number of benzene rings is 1. The molecule has 0 spiro atoms. The van der Waals surface area contributed by atoms with Crippen LogP contribution in [0.3, 0.4) is 0 Å². The Balaban J connectivity index is 2.14. The molecule has 94 valence electrons. The third-order valence-electron chi connectivity index (χ3n) is 2.53. The molecule has 0 atom stereocenters. The molecule has 0 radical (unpaired) electrons. The highest BCUT2D eigenvalue weighted by Crippen LogP contribution is 2.18. The second-order valence-corrected chi connectivity index (χ2v) is 5.60. The standard InChI is InChI=1S/C13H11BrFNOS/c1-16(13(17)9-4-5-18-8-9)7-10-6-11(14)2-3-12(10)15/h2-6,8H,7H2,1H3. The molecular weight excluding hydrogens is 317 g/mol. The van der Waals surface area contributed by atoms with Crippen LogP contribution in [-0.4, -0.2) is 17.9 Å². The summed E-state index contributed by atoms with van der Waals surface area (Å²) in [6.07, 6.45) is 0. The summed E-state index contributed by atoms with van der Waals surface area (Å²) in [6.45, 7) is 0.250. The van der Waals surface area contributed by atoms with Crippen molar-refractivity contribution in [1.82, 2.24) is 4.90 Å². The van der Waals surface area contributed by atoms with Gasteiger partial charge in [-0.1, -0.05) is 15.9 Å². The Morgan fingerprint density at radius 2 is 2.22 bits per heavy atom. The topological polar surface area (TPSA) is 20.3 Å². The summed E-state index contributed by atoms with van der Waals surface area (Å²) in [5, 5.41) is 3.64. The molecular formula is C13H11BrFNOS. The van der Waals surface area contributed by atoms with E-state index in [2.05, 4.69) is 15.9 Å². The minimum Gasteiger partial charge on any atom is -0.337 e. The molecule has 0 bridgehead atoms. The highest BCUT2D eigenvalue weighted by atomic mass is 79.9. The first-order valence-electron chi connectivity index (χ1n) is 5.29. The maximum atomic E-state index is 13.6. The lowest BCUT2D eigenvalue weighted by atomic mass is 10.2. The van der Waals surface area contributed by atoms with Crippen molar-refractivity contribution in [2.45, 2.75) is 6.54 Å². The van der Waals surface area contributed by atoms with Crippen molar-refractivity contribution in [3.05, 3.63) is 56.4 Å². The Hall–Kier alpha value is -1.20. The van der Waals surface area contributed by atoms with Crippen LogP contribution in [0.4, 0.5) is 4.39 Å². The first-order valence-corrected chi connectivity index (χ1v) is 7.03. The summed E-state index contributed by atoms with van der Waals surface area (Å²) >= 11 is 4.76. The van der Waals surface area contributed by atoms with Gasteiger partial charge in [-0.3, -0.25) is 4.79 Å². The van der Waals surface area contributed by atoms with E-state index in [4.69, 9.17) is 0 Å². The molecule has 1 aromatic carbocycles. The molecule has 5 heteroatoms. The van der Waals surface area contributed by atoms with E-state index in [-0.39, 0.29) is 18.3 Å². The molecule has 0 aliphatic heterocycles. The molecule has 0 unspecified atom stereocenters. The molecule has 0 aliphatic rings. The average molecular weight is 328 g/mol. The van der Waals surface area contributed by atoms with E-state index in [0.717, 1.165) is 4.47 Å². The third kappa shape index (κ3) is 2.97. The monoisotopic (exact) mass is 327 g/mol. The molecule has 2 nitrogen and oxygen atoms in total. The SMILES string of the molecule is CN(Cc1cc(Br)ccc1F)C(=O)c1ccsc1. The second kappa shape index (κ2) is 5.63. The number of halogens is 2. The summed E-state index contributed by atoms with van der Waals surface area (Å²) in [6, 6.07) is 6.48. The van der Waals surface area contributed by atoms with E-state index in [0.29, 0.717) is 11.1 Å². The predicted molar refractivity (Wildman–Crippen MR) is 74.2 cm³/mol. The van der Waals surface area contributed by atoms with E-state index >= 15 is 0 Å². The first-order chi connectivity index (χ1) is 8.58. The zero-order valence-electron chi connectivity index (χ0n) is 9.69. The molecule has 2 rings (SSSR count). The number of hydrogen-bond acceptors (Lipinski definition) is 2. The van der Waals surface area contributed by atoms with Crippen molar-refractivity contribution in [2.75, 3.05) is 7.05 Å². The Morgan fingerprint density at radius 3 is 2.89 bits per heavy atom. The summed E-state index contributed by atoms with van der Waals surface area (Å²) in [5.41, 5.74) is 1.13. The van der Waals surface area contributed by atoms with Crippen LogP contribution in [0, 0.1) is 5.82 Å². The van der Waals surface area contributed by atoms with Crippen molar-refractivity contribution in [2.24, 2.45) is 0 Å². The van der Waals surface area contributed by atoms with Gasteiger partial charge in [0.2, 0.25) is 0 Å². The molecule has 0 N–H and O–H groups in total. The fraction of sp³-hybridized carbons (Fsp3) is 0.154. The summed E-state index contributed by atoms with van der Waals surface area (Å²) < 4.78 is 14.4. The smallest absolute Gasteiger partial charge is 0.254 e. The van der Waals surface area contributed by atoms with Crippen LogP contribution in [0.5, 0.6) is 0 Å². The largest absolute Gasteiger partial charge is 0.337 e. The number of rotatable bonds is 3. The van der Waals surface area contributed by atoms with Crippen molar-refractivity contribution < 1.29 is 9.18 Å². The van der Waals surface area contributed by atoms with Crippen LogP contribution in [-0.2, 0) is 6.54 Å². The third-order valence-corrected chi connectivity index (χ3v) is 3.71. The van der Waals surface area contributed by atoms with Gasteiger partial charge in [0.25, 0.3) is 5.91 Å². The van der Waals surface area contributed by atoms with Gasteiger partial charge in [0.05, 0.1) is 5.56 Å². The lowest BCUT2D eigenvalue weighted by Gasteiger charge is -2.17. The zero-order chi connectivity index (χ0) is 13.1. The highest BCUT2D eigenvalue weighted by Gasteiger charge is 2.14. The molecule has 0 saturated heterocycles. The van der Waals surface area contributed by atoms with Gasteiger partial charge in [0.1, 0.15) is 5.82 Å². The van der Waals surface area contributed by atoms with Crippen LogP contribution in [0.25, 0.3) is 0 Å². The molecule has 0 fully saturated rings. The molecule has 0 aliphatic carbocycles. The Kier molecular flexibility index (Phi) is 4.14. The van der Waals surface area contributed by atoms with Crippen molar-refractivity contribution in [3.63, 3.8) is 0 Å². The van der Waals surface area contributed by atoms with Gasteiger partial charge in [0, 0.05) is 29.0 Å². The van der Waals surface area contributed by atoms with E-state index in [1.165, 1.54) is 22.3 Å². The average Bonchev–Trinajstić information content (AvgIpc) is 2.86. The normalized spacial score (nSPS) is 10.4. The van der Waals surface area contributed by atoms with Gasteiger partial charge in [-0.15, -0.1) is 0 Å². The van der Waals surface area contributed by atoms with Crippen LogP contribution in [0.1, 0.15) is 15.9 Å². The number of carbonyl (C=O) groups is 1. The minimum absolute atomic E-state index is 0.101. The van der Waals surface area contributed by atoms with Crippen LogP contribution >= 0.6 is 27.3 Å². The predicted octanol–water partition coefficient (Wildman–Crippen LogP) is 3.92. The lowest BCUT2D eigenvalue weighted by molar-refractivity contribution is 0.0784. The summed E-state index contributed by atoms with van der Waals surface area (Å²) in [7, 11) is 1.67. The van der Waals surface area contributed by atoms with Gasteiger partial charge in [-0.2, -0.15) is 11.3 Å². The van der Waals surface area contributed by atoms with Crippen molar-refractivity contribution in [1.29, 1.82) is 0 Å². The van der Waals surface area contributed by atoms with Gasteiger partial charge < -0.3 is 4.90 Å². The van der Waals surface area contributed by atoms with Gasteiger partial charge in [-0.05, 0) is 29.6 Å². The lowest BCUT2D eigenvalue weighted by Crippen LogP contribution is -2.26. The van der Waals surface area contributed by atoms with Gasteiger partial charge in [0.15, 0.2) is 0 Å². The molecule has 1 amide bonds. The Labute approximate surface area is 117 Å². The van der Waals surface area contributed by atoms with E-state index in [9.17, 15) is 9.18 Å². The van der Waals surface area contributed by atoms with E-state index < -0.39 is 0 Å². The Bertz CT molecular complexity index is 556. The first kappa shape index (κ1) is 13.2. The Morgan fingerprint density at radius 1 is 1.44 bits per heavy atom. The van der Waals surface area contributed by atoms with Crippen molar-refractivity contribution in [3.8, 4) is 0 Å². The van der Waals surface area contributed by atoms with Crippen LogP contribution in [0.15, 0.2) is 39.5 Å². The second-order valence-electron chi connectivity index (χ2n) is 3.91. The fourth-order valence-electron chi connectivity index (χ4n) is 1.60. The summed E-state index contributed by atoms with van der Waals surface area (Å²) in [5.74, 6) is -0.404. The number of nitrogens with zero attached hydrogens (tertiary/aromatic N) is 1. The highest BCUT2D eigenvalue weighted by molar-refractivity contribution is 9.10. The number of amides is 1. The van der Waals surface area contributed by atoms with E-state index in [1.807, 2.05) is 5.38 Å². The maximum Gasteiger partial charge on any atom is 0.254 e. The fourth-order valence-corrected chi connectivity index (χ4v) is 2.64. The molecule has 1 aromatic heterocycles. The van der Waals surface area contributed by atoms with Crippen LogP contribution in [0.2, 0.25) is 0 Å². The summed E-state index contributed by atoms with van der Waals surface area (Å²) in [4.78, 5) is 13.5. The molecule has 0 saturated carbocycles. The van der Waals surface area contributed by atoms with Gasteiger partial charge in [-0.25, -0.2) is 4.39 Å². The molecule has 1 heterocycles. The van der Waals surface area contributed by atoms with Crippen molar-refractivity contribution >= 4 is 33.2 Å². The van der Waals surface area contributed by atoms with Crippen LogP contribution < -0.4 is 0 Å². The van der Waals surface area contributed by atoms with Gasteiger partial charge >= 0.3 is 0 Å². The van der Waals surface area contributed by atoms with E-state index in [1.54, 1.807) is 30.6 Å². The number of hydrogen-bond donors (Lipinski definition) is 0. The number of carbonyl (C=O) groups excluding carboxylic acids is 1. The number of thiophene rings is 1. The quantitative estimate of drug-likeness (QED) is 0.836. The molecule has 18 heavy (non-hydrogen) atoms. The zero-order valence-corrected chi connectivity index (χ0v) is 12.1. The maximum absolute atomic E-state index is 13.6.